The monoisotopic (exact) mass is 424 g/mol. The molecule has 1 aliphatic rings. The number of benzene rings is 1. The van der Waals surface area contributed by atoms with Crippen molar-refractivity contribution in [3.8, 4) is 28.7 Å². The van der Waals surface area contributed by atoms with Gasteiger partial charge < -0.3 is 28.6 Å². The highest BCUT2D eigenvalue weighted by molar-refractivity contribution is 7.71. The van der Waals surface area contributed by atoms with Crippen LogP contribution in [0.15, 0.2) is 16.5 Å². The Morgan fingerprint density at radius 1 is 1.17 bits per heavy atom. The lowest BCUT2D eigenvalue weighted by Gasteiger charge is -2.26. The highest BCUT2D eigenvalue weighted by atomic mass is 32.1. The van der Waals surface area contributed by atoms with E-state index in [4.69, 9.17) is 30.8 Å². The van der Waals surface area contributed by atoms with E-state index in [2.05, 4.69) is 5.10 Å². The molecule has 0 aliphatic carbocycles. The summed E-state index contributed by atoms with van der Waals surface area (Å²) in [5, 5.41) is 14.5. The molecule has 1 unspecified atom stereocenters. The number of aliphatic hydroxyl groups excluding tert-OH is 1. The van der Waals surface area contributed by atoms with Gasteiger partial charge in [-0.1, -0.05) is 0 Å². The summed E-state index contributed by atoms with van der Waals surface area (Å²) < 4.78 is 24.7. The summed E-state index contributed by atoms with van der Waals surface area (Å²) in [6.07, 6.45) is 1.57. The van der Waals surface area contributed by atoms with Crippen molar-refractivity contribution < 1.29 is 28.6 Å². The Morgan fingerprint density at radius 2 is 1.83 bits per heavy atom. The van der Waals surface area contributed by atoms with Gasteiger partial charge in [-0.05, 0) is 58.0 Å². The molecule has 1 aromatic carbocycles. The molecule has 2 N–H and O–H groups in total. The van der Waals surface area contributed by atoms with Crippen LogP contribution in [0.1, 0.15) is 33.6 Å². The summed E-state index contributed by atoms with van der Waals surface area (Å²) in [6, 6.07) is 3.67. The van der Waals surface area contributed by atoms with Crippen LogP contribution in [-0.2, 0) is 6.67 Å². The quantitative estimate of drug-likeness (QED) is 0.596. The summed E-state index contributed by atoms with van der Waals surface area (Å²) in [6.45, 7) is 9.47. The standard InChI is InChI=1S/C20H29N3O5S/c1-4-25-16-10-14(11-17(26-5-2)18(16)27-6-3)19-21-23(20(29)28-19)13-22-9-7-8-15(24)12-22/h10-11,15,24H,4-9,12-13H2,1-3H3/p+1/t15-/m1/s1. The van der Waals surface area contributed by atoms with Crippen LogP contribution in [0.3, 0.4) is 0 Å². The first-order valence-corrected chi connectivity index (χ1v) is 10.6. The Kier molecular flexibility index (Phi) is 7.51. The number of nitrogens with one attached hydrogen (secondary N) is 1. The van der Waals surface area contributed by atoms with E-state index in [1.165, 1.54) is 4.90 Å². The van der Waals surface area contributed by atoms with Gasteiger partial charge in [0.25, 0.3) is 4.84 Å². The molecule has 0 amide bonds. The Hall–Kier alpha value is -2.10. The lowest BCUT2D eigenvalue weighted by molar-refractivity contribution is -0.931. The third kappa shape index (κ3) is 5.29. The van der Waals surface area contributed by atoms with Crippen LogP contribution in [0.2, 0.25) is 0 Å². The zero-order valence-corrected chi connectivity index (χ0v) is 18.1. The molecular formula is C20H30N3O5S+. The van der Waals surface area contributed by atoms with E-state index in [0.29, 0.717) is 66.6 Å². The van der Waals surface area contributed by atoms with Crippen LogP contribution in [0, 0.1) is 4.84 Å². The van der Waals surface area contributed by atoms with Crippen LogP contribution in [-0.4, -0.2) is 53.9 Å². The van der Waals surface area contributed by atoms with E-state index in [9.17, 15) is 5.11 Å². The third-order valence-electron chi connectivity index (χ3n) is 4.73. The van der Waals surface area contributed by atoms with Crippen LogP contribution >= 0.6 is 12.2 Å². The zero-order valence-electron chi connectivity index (χ0n) is 17.3. The van der Waals surface area contributed by atoms with Crippen molar-refractivity contribution in [1.29, 1.82) is 0 Å². The number of hydrogen-bond donors (Lipinski definition) is 2. The Bertz CT molecular complexity index is 839. The second-order valence-electron chi connectivity index (χ2n) is 6.93. The van der Waals surface area contributed by atoms with Crippen molar-refractivity contribution in [1.82, 2.24) is 9.78 Å². The summed E-state index contributed by atoms with van der Waals surface area (Å²) in [7, 11) is 0. The Labute approximate surface area is 176 Å². The van der Waals surface area contributed by atoms with Crippen LogP contribution in [0.25, 0.3) is 11.5 Å². The van der Waals surface area contributed by atoms with Gasteiger partial charge >= 0.3 is 0 Å². The molecule has 1 aliphatic heterocycles. The number of rotatable bonds is 9. The molecule has 0 radical (unpaired) electrons. The molecule has 2 heterocycles. The zero-order chi connectivity index (χ0) is 20.8. The number of hydrogen-bond acceptors (Lipinski definition) is 7. The maximum absolute atomic E-state index is 9.90. The molecule has 0 bridgehead atoms. The Morgan fingerprint density at radius 3 is 2.41 bits per heavy atom. The number of piperidine rings is 1. The van der Waals surface area contributed by atoms with Gasteiger partial charge in [0.05, 0.1) is 26.4 Å². The fraction of sp³-hybridized carbons (Fsp3) is 0.600. The highest BCUT2D eigenvalue weighted by Gasteiger charge is 2.23. The van der Waals surface area contributed by atoms with Gasteiger partial charge in [0.2, 0.25) is 11.6 Å². The minimum atomic E-state index is -0.270. The molecule has 2 atom stereocenters. The lowest BCUT2D eigenvalue weighted by Crippen LogP contribution is -3.13. The smallest absolute Gasteiger partial charge is 0.292 e. The van der Waals surface area contributed by atoms with E-state index in [1.54, 1.807) is 4.68 Å². The third-order valence-corrected chi connectivity index (χ3v) is 5.02. The molecule has 3 rings (SSSR count). The van der Waals surface area contributed by atoms with E-state index < -0.39 is 0 Å². The second-order valence-corrected chi connectivity index (χ2v) is 7.28. The summed E-state index contributed by atoms with van der Waals surface area (Å²) >= 11 is 5.38. The van der Waals surface area contributed by atoms with E-state index >= 15 is 0 Å². The molecule has 160 valence electrons. The van der Waals surface area contributed by atoms with Crippen molar-refractivity contribution in [3.05, 3.63) is 17.0 Å². The number of aliphatic hydroxyl groups is 1. The molecule has 8 nitrogen and oxygen atoms in total. The van der Waals surface area contributed by atoms with Crippen molar-refractivity contribution >= 4 is 12.2 Å². The number of quaternary nitrogens is 1. The van der Waals surface area contributed by atoms with E-state index in [1.807, 2.05) is 32.9 Å². The van der Waals surface area contributed by atoms with E-state index in [-0.39, 0.29) is 6.10 Å². The van der Waals surface area contributed by atoms with Gasteiger partial charge in [0, 0.05) is 5.56 Å². The van der Waals surface area contributed by atoms with Gasteiger partial charge in [-0.25, -0.2) is 0 Å². The summed E-state index contributed by atoms with van der Waals surface area (Å²) in [4.78, 5) is 1.54. The molecule has 1 aromatic heterocycles. The number of aromatic nitrogens is 2. The van der Waals surface area contributed by atoms with Gasteiger partial charge in [-0.3, -0.25) is 0 Å². The molecule has 29 heavy (non-hydrogen) atoms. The fourth-order valence-electron chi connectivity index (χ4n) is 3.52. The molecule has 2 aromatic rings. The predicted molar refractivity (Wildman–Crippen MR) is 110 cm³/mol. The number of likely N-dealkylation sites (tertiary alicyclic amines) is 1. The molecule has 0 saturated carbocycles. The summed E-state index contributed by atoms with van der Waals surface area (Å²) in [5.41, 5.74) is 0.707. The average molecular weight is 425 g/mol. The first-order chi connectivity index (χ1) is 14.0. The van der Waals surface area contributed by atoms with Crippen molar-refractivity contribution in [2.75, 3.05) is 32.9 Å². The average Bonchev–Trinajstić information content (AvgIpc) is 3.05. The van der Waals surface area contributed by atoms with Gasteiger partial charge in [0.1, 0.15) is 12.6 Å². The minimum absolute atomic E-state index is 0.270. The topological polar surface area (TPSA) is 83.3 Å². The second kappa shape index (κ2) is 10.1. The van der Waals surface area contributed by atoms with Crippen LogP contribution < -0.4 is 19.1 Å². The molecule has 0 spiro atoms. The molecule has 1 fully saturated rings. The van der Waals surface area contributed by atoms with Crippen LogP contribution in [0.5, 0.6) is 17.2 Å². The first kappa shape index (κ1) is 21.6. The maximum atomic E-state index is 9.90. The molecular weight excluding hydrogens is 394 g/mol. The number of ether oxygens (including phenoxy) is 3. The fourth-order valence-corrected chi connectivity index (χ4v) is 3.70. The van der Waals surface area contributed by atoms with Crippen molar-refractivity contribution in [3.63, 3.8) is 0 Å². The van der Waals surface area contributed by atoms with Crippen molar-refractivity contribution in [2.24, 2.45) is 0 Å². The SMILES string of the molecule is CCOc1cc(-c2nn(C[NH+]3CCC[C@@H](O)C3)c(=S)o2)cc(OCC)c1OCC. The summed E-state index contributed by atoms with van der Waals surface area (Å²) in [5.74, 6) is 2.13. The maximum Gasteiger partial charge on any atom is 0.292 e. The lowest BCUT2D eigenvalue weighted by atomic mass is 10.1. The van der Waals surface area contributed by atoms with Gasteiger partial charge in [-0.2, -0.15) is 4.68 Å². The minimum Gasteiger partial charge on any atom is -0.490 e. The van der Waals surface area contributed by atoms with E-state index in [0.717, 1.165) is 19.4 Å². The van der Waals surface area contributed by atoms with Crippen LogP contribution in [0.4, 0.5) is 0 Å². The van der Waals surface area contributed by atoms with Crippen molar-refractivity contribution in [2.45, 2.75) is 46.4 Å². The predicted octanol–water partition coefficient (Wildman–Crippen LogP) is 2.07. The molecule has 9 heteroatoms. The molecule has 1 saturated heterocycles. The highest BCUT2D eigenvalue weighted by Crippen LogP contribution is 2.41. The first-order valence-electron chi connectivity index (χ1n) is 10.2. The normalized spacial score (nSPS) is 19.2. The number of nitrogens with zero attached hydrogens (tertiary/aromatic N) is 2. The van der Waals surface area contributed by atoms with Gasteiger partial charge in [0.15, 0.2) is 18.2 Å². The largest absolute Gasteiger partial charge is 0.490 e. The van der Waals surface area contributed by atoms with Gasteiger partial charge in [-0.15, -0.1) is 5.10 Å². The Balaban J connectivity index is 1.92.